The molecule has 0 bridgehead atoms. The van der Waals surface area contributed by atoms with Gasteiger partial charge < -0.3 is 16.2 Å². The van der Waals surface area contributed by atoms with Crippen LogP contribution in [0.3, 0.4) is 0 Å². The molecule has 4 N–H and O–H groups in total. The molecule has 104 valence electrons. The maximum atomic E-state index is 10.9. The van der Waals surface area contributed by atoms with E-state index >= 15 is 0 Å². The highest BCUT2D eigenvalue weighted by Crippen LogP contribution is 2.26. The quantitative estimate of drug-likeness (QED) is 0.749. The summed E-state index contributed by atoms with van der Waals surface area (Å²) in [6.07, 6.45) is 0. The van der Waals surface area contributed by atoms with Crippen molar-refractivity contribution in [3.63, 3.8) is 0 Å². The Hall–Kier alpha value is -2.20. The van der Waals surface area contributed by atoms with Crippen LogP contribution in [0.1, 0.15) is 28.9 Å². The second-order valence-corrected chi connectivity index (χ2v) is 4.96. The molecule has 1 unspecified atom stereocenters. The van der Waals surface area contributed by atoms with Crippen molar-refractivity contribution >= 4 is 28.9 Å². The molecule has 0 saturated heterocycles. The van der Waals surface area contributed by atoms with Gasteiger partial charge in [-0.3, -0.25) is 0 Å². The van der Waals surface area contributed by atoms with Crippen molar-refractivity contribution in [2.45, 2.75) is 13.0 Å². The molecule has 0 spiro atoms. The van der Waals surface area contributed by atoms with Gasteiger partial charge in [-0.1, -0.05) is 23.7 Å². The lowest BCUT2D eigenvalue weighted by Crippen LogP contribution is -2.09. The van der Waals surface area contributed by atoms with Crippen molar-refractivity contribution in [1.29, 1.82) is 0 Å². The third kappa shape index (κ3) is 3.22. The predicted molar refractivity (Wildman–Crippen MR) is 81.3 cm³/mol. The third-order valence-electron chi connectivity index (χ3n) is 3.04. The van der Waals surface area contributed by atoms with Gasteiger partial charge in [0.05, 0.1) is 16.9 Å². The van der Waals surface area contributed by atoms with Crippen LogP contribution in [0.25, 0.3) is 0 Å². The molecular formula is C15H15ClN2O2. The van der Waals surface area contributed by atoms with Gasteiger partial charge in [-0.2, -0.15) is 0 Å². The largest absolute Gasteiger partial charge is 0.478 e. The van der Waals surface area contributed by atoms with Crippen LogP contribution in [-0.4, -0.2) is 11.1 Å². The van der Waals surface area contributed by atoms with Crippen LogP contribution >= 0.6 is 11.6 Å². The Morgan fingerprint density at radius 3 is 2.45 bits per heavy atom. The fourth-order valence-electron chi connectivity index (χ4n) is 1.90. The first-order valence-electron chi connectivity index (χ1n) is 6.12. The molecule has 20 heavy (non-hydrogen) atoms. The van der Waals surface area contributed by atoms with Crippen molar-refractivity contribution in [3.8, 4) is 0 Å². The highest BCUT2D eigenvalue weighted by Gasteiger charge is 2.10. The predicted octanol–water partition coefficient (Wildman–Crippen LogP) is 3.79. The molecular weight excluding hydrogens is 276 g/mol. The number of rotatable bonds is 4. The minimum atomic E-state index is -0.992. The van der Waals surface area contributed by atoms with Gasteiger partial charge in [0.25, 0.3) is 0 Å². The molecule has 4 nitrogen and oxygen atoms in total. The molecule has 0 radical (unpaired) electrons. The summed E-state index contributed by atoms with van der Waals surface area (Å²) in [5.41, 5.74) is 8.22. The molecule has 0 heterocycles. The number of nitrogens with one attached hydrogen (secondary N) is 1. The Balaban J connectivity index is 2.17. The van der Waals surface area contributed by atoms with Gasteiger partial charge in [-0.25, -0.2) is 4.79 Å². The highest BCUT2D eigenvalue weighted by atomic mass is 35.5. The van der Waals surface area contributed by atoms with E-state index in [0.29, 0.717) is 16.4 Å². The smallest absolute Gasteiger partial charge is 0.335 e. The average Bonchev–Trinajstić information content (AvgIpc) is 2.41. The van der Waals surface area contributed by atoms with Crippen molar-refractivity contribution in [2.75, 3.05) is 11.1 Å². The molecule has 0 saturated carbocycles. The van der Waals surface area contributed by atoms with Gasteiger partial charge in [0.2, 0.25) is 0 Å². The summed E-state index contributed by atoms with van der Waals surface area (Å²) in [7, 11) is 0. The van der Waals surface area contributed by atoms with Gasteiger partial charge in [0.1, 0.15) is 0 Å². The Labute approximate surface area is 122 Å². The Bertz CT molecular complexity index is 626. The van der Waals surface area contributed by atoms with Crippen molar-refractivity contribution < 1.29 is 9.90 Å². The number of nitrogens with two attached hydrogens (primary N) is 1. The number of carboxylic acids is 1. The van der Waals surface area contributed by atoms with Crippen LogP contribution in [-0.2, 0) is 0 Å². The van der Waals surface area contributed by atoms with Crippen molar-refractivity contribution in [1.82, 2.24) is 0 Å². The summed E-state index contributed by atoms with van der Waals surface area (Å²) < 4.78 is 0. The zero-order chi connectivity index (χ0) is 14.7. The maximum absolute atomic E-state index is 10.9. The second kappa shape index (κ2) is 5.84. The summed E-state index contributed by atoms with van der Waals surface area (Å²) >= 11 is 5.85. The molecule has 1 atom stereocenters. The van der Waals surface area contributed by atoms with E-state index in [4.69, 9.17) is 22.4 Å². The number of halogens is 1. The Morgan fingerprint density at radius 1 is 1.25 bits per heavy atom. The molecule has 5 heteroatoms. The van der Waals surface area contributed by atoms with E-state index in [-0.39, 0.29) is 11.6 Å². The number of aromatic carboxylic acids is 1. The SMILES string of the molecule is CC(Nc1ccc(C(=O)O)cc1N)c1ccc(Cl)cc1. The third-order valence-corrected chi connectivity index (χ3v) is 3.29. The molecule has 0 amide bonds. The van der Waals surface area contributed by atoms with Crippen LogP contribution in [0.5, 0.6) is 0 Å². The van der Waals surface area contributed by atoms with E-state index in [1.807, 2.05) is 31.2 Å². The van der Waals surface area contributed by atoms with Gasteiger partial charge >= 0.3 is 5.97 Å². The molecule has 0 aliphatic rings. The summed E-state index contributed by atoms with van der Waals surface area (Å²) in [4.78, 5) is 10.9. The zero-order valence-corrected chi connectivity index (χ0v) is 11.7. The topological polar surface area (TPSA) is 75.3 Å². The zero-order valence-electron chi connectivity index (χ0n) is 10.9. The van der Waals surface area contributed by atoms with Crippen LogP contribution < -0.4 is 11.1 Å². The summed E-state index contributed by atoms with van der Waals surface area (Å²) in [5.74, 6) is -0.992. The van der Waals surface area contributed by atoms with Crippen LogP contribution in [0.4, 0.5) is 11.4 Å². The molecule has 0 aliphatic carbocycles. The first kappa shape index (κ1) is 14.2. The summed E-state index contributed by atoms with van der Waals surface area (Å²) in [6.45, 7) is 1.99. The normalized spacial score (nSPS) is 11.9. The minimum Gasteiger partial charge on any atom is -0.478 e. The van der Waals surface area contributed by atoms with E-state index in [0.717, 1.165) is 5.56 Å². The average molecular weight is 291 g/mol. The number of carboxylic acid groups (broad SMARTS) is 1. The fourth-order valence-corrected chi connectivity index (χ4v) is 2.02. The monoisotopic (exact) mass is 290 g/mol. The number of nitrogen functional groups attached to an aromatic ring is 1. The number of benzene rings is 2. The van der Waals surface area contributed by atoms with E-state index < -0.39 is 5.97 Å². The standard InChI is InChI=1S/C15H15ClN2O2/c1-9(10-2-5-12(16)6-3-10)18-14-7-4-11(15(19)20)8-13(14)17/h2-9,18H,17H2,1H3,(H,19,20). The minimum absolute atomic E-state index is 0.0326. The van der Waals surface area contributed by atoms with Crippen LogP contribution in [0.2, 0.25) is 5.02 Å². The molecule has 0 aromatic heterocycles. The van der Waals surface area contributed by atoms with E-state index in [1.165, 1.54) is 12.1 Å². The van der Waals surface area contributed by atoms with Gasteiger partial charge in [0, 0.05) is 11.1 Å². The number of carbonyl (C=O) groups is 1. The Morgan fingerprint density at radius 2 is 1.90 bits per heavy atom. The molecule has 0 aliphatic heterocycles. The molecule has 0 fully saturated rings. The fraction of sp³-hybridized carbons (Fsp3) is 0.133. The van der Waals surface area contributed by atoms with E-state index in [2.05, 4.69) is 5.32 Å². The summed E-state index contributed by atoms with van der Waals surface area (Å²) in [6, 6.07) is 12.2. The van der Waals surface area contributed by atoms with Gasteiger partial charge in [0.15, 0.2) is 0 Å². The van der Waals surface area contributed by atoms with Crippen LogP contribution in [0, 0.1) is 0 Å². The number of hydrogen-bond donors (Lipinski definition) is 3. The number of anilines is 2. The molecule has 2 rings (SSSR count). The van der Waals surface area contributed by atoms with Crippen LogP contribution in [0.15, 0.2) is 42.5 Å². The number of hydrogen-bond acceptors (Lipinski definition) is 3. The van der Waals surface area contributed by atoms with Crippen molar-refractivity contribution in [3.05, 3.63) is 58.6 Å². The molecule has 2 aromatic rings. The first-order chi connectivity index (χ1) is 9.47. The molecule has 2 aromatic carbocycles. The van der Waals surface area contributed by atoms with E-state index in [9.17, 15) is 4.79 Å². The lowest BCUT2D eigenvalue weighted by atomic mass is 10.1. The van der Waals surface area contributed by atoms with Crippen molar-refractivity contribution in [2.24, 2.45) is 0 Å². The van der Waals surface area contributed by atoms with Gasteiger partial charge in [-0.05, 0) is 42.8 Å². The summed E-state index contributed by atoms with van der Waals surface area (Å²) in [5, 5.41) is 12.8. The maximum Gasteiger partial charge on any atom is 0.335 e. The van der Waals surface area contributed by atoms with Gasteiger partial charge in [-0.15, -0.1) is 0 Å². The Kier molecular flexibility index (Phi) is 4.15. The lowest BCUT2D eigenvalue weighted by molar-refractivity contribution is 0.0697. The lowest BCUT2D eigenvalue weighted by Gasteiger charge is -2.17. The highest BCUT2D eigenvalue weighted by molar-refractivity contribution is 6.30. The second-order valence-electron chi connectivity index (χ2n) is 4.52. The van der Waals surface area contributed by atoms with E-state index in [1.54, 1.807) is 6.07 Å². The first-order valence-corrected chi connectivity index (χ1v) is 6.50.